The predicted molar refractivity (Wildman–Crippen MR) is 85.4 cm³/mol. The van der Waals surface area contributed by atoms with Gasteiger partial charge in [0.05, 0.1) is 0 Å². The van der Waals surface area contributed by atoms with Crippen molar-refractivity contribution < 1.29 is 27.5 Å². The summed E-state index contributed by atoms with van der Waals surface area (Å²) in [6, 6.07) is 2.31. The fourth-order valence-corrected chi connectivity index (χ4v) is 3.33. The topological polar surface area (TPSA) is 68.3 Å². The van der Waals surface area contributed by atoms with Gasteiger partial charge in [0.25, 0.3) is 5.91 Å². The quantitative estimate of drug-likeness (QED) is 0.835. The van der Waals surface area contributed by atoms with Crippen molar-refractivity contribution in [3.63, 3.8) is 0 Å². The summed E-state index contributed by atoms with van der Waals surface area (Å²) in [5.74, 6) is -1.13. The fourth-order valence-electron chi connectivity index (χ4n) is 2.27. The number of carbonyl (C=O) groups excluding carboxylic acids is 2. The highest BCUT2D eigenvalue weighted by molar-refractivity contribution is 7.20. The number of alkyl halides is 3. The molecule has 1 aliphatic rings. The maximum Gasteiger partial charge on any atom is 0.433 e. The molecule has 3 rings (SSSR count). The van der Waals surface area contributed by atoms with Gasteiger partial charge in [0.15, 0.2) is 6.10 Å². The molecule has 1 atom stereocenters. The number of hydrogen-bond donors (Lipinski definition) is 1. The molecule has 0 aliphatic heterocycles. The Morgan fingerprint density at radius 3 is 2.64 bits per heavy atom. The maximum atomic E-state index is 12.8. The van der Waals surface area contributed by atoms with Crippen LogP contribution in [0, 0.1) is 6.92 Å². The molecule has 0 radical (unpaired) electrons. The Labute approximate surface area is 145 Å². The zero-order valence-electron chi connectivity index (χ0n) is 13.4. The second-order valence-corrected chi connectivity index (χ2v) is 6.93. The number of fused-ring (bicyclic) bond motifs is 1. The van der Waals surface area contributed by atoms with Crippen LogP contribution in [0.3, 0.4) is 0 Å². The molecule has 0 unspecified atom stereocenters. The Morgan fingerprint density at radius 2 is 2.04 bits per heavy atom. The molecule has 1 aliphatic carbocycles. The number of hydrogen-bond acceptors (Lipinski definition) is 5. The fraction of sp³-hybridized carbons (Fsp3) is 0.438. The van der Waals surface area contributed by atoms with Crippen molar-refractivity contribution in [2.24, 2.45) is 0 Å². The minimum atomic E-state index is -4.55. The molecule has 0 aromatic carbocycles. The maximum absolute atomic E-state index is 12.8. The van der Waals surface area contributed by atoms with E-state index in [9.17, 15) is 22.8 Å². The average molecular weight is 372 g/mol. The molecule has 1 saturated carbocycles. The van der Waals surface area contributed by atoms with Crippen molar-refractivity contribution in [2.45, 2.75) is 45.0 Å². The summed E-state index contributed by atoms with van der Waals surface area (Å²) in [4.78, 5) is 28.0. The van der Waals surface area contributed by atoms with E-state index in [0.717, 1.165) is 30.2 Å². The number of ether oxygens (including phenoxy) is 1. The van der Waals surface area contributed by atoms with E-state index in [4.69, 9.17) is 4.74 Å². The number of aromatic nitrogens is 1. The van der Waals surface area contributed by atoms with E-state index in [-0.39, 0.29) is 21.7 Å². The van der Waals surface area contributed by atoms with Crippen LogP contribution in [-0.2, 0) is 15.7 Å². The molecule has 1 fully saturated rings. The standard InChI is InChI=1S/C16H15F3N2O3S/c1-7-10-5-6-11(16(17,18)19)21-14(10)25-12(7)15(23)24-8(2)13(22)20-9-3-4-9/h5-6,8-9H,3-4H2,1-2H3,(H,20,22)/t8-/m0/s1. The number of amides is 1. The van der Waals surface area contributed by atoms with Crippen LogP contribution in [0.25, 0.3) is 10.2 Å². The number of pyridine rings is 1. The van der Waals surface area contributed by atoms with Gasteiger partial charge in [0, 0.05) is 11.4 Å². The molecule has 2 aromatic rings. The van der Waals surface area contributed by atoms with Crippen LogP contribution < -0.4 is 5.32 Å². The van der Waals surface area contributed by atoms with Gasteiger partial charge in [0.2, 0.25) is 0 Å². The first-order valence-corrected chi connectivity index (χ1v) is 8.47. The van der Waals surface area contributed by atoms with Crippen molar-refractivity contribution in [3.05, 3.63) is 28.3 Å². The molecule has 1 N–H and O–H groups in total. The van der Waals surface area contributed by atoms with Gasteiger partial charge in [-0.05, 0) is 44.4 Å². The van der Waals surface area contributed by atoms with Gasteiger partial charge in [-0.1, -0.05) is 0 Å². The average Bonchev–Trinajstić information content (AvgIpc) is 3.28. The highest BCUT2D eigenvalue weighted by Gasteiger charge is 2.33. The number of esters is 1. The third-order valence-electron chi connectivity index (χ3n) is 3.86. The summed E-state index contributed by atoms with van der Waals surface area (Å²) < 4.78 is 43.4. The number of carbonyl (C=O) groups is 2. The number of aryl methyl sites for hydroxylation is 1. The monoisotopic (exact) mass is 372 g/mol. The molecule has 5 nitrogen and oxygen atoms in total. The van der Waals surface area contributed by atoms with E-state index in [1.165, 1.54) is 13.0 Å². The van der Waals surface area contributed by atoms with Gasteiger partial charge in [-0.15, -0.1) is 11.3 Å². The Morgan fingerprint density at radius 1 is 1.36 bits per heavy atom. The van der Waals surface area contributed by atoms with Crippen molar-refractivity contribution in [3.8, 4) is 0 Å². The number of nitrogens with zero attached hydrogens (tertiary/aromatic N) is 1. The van der Waals surface area contributed by atoms with Crippen LogP contribution in [0.2, 0.25) is 0 Å². The number of rotatable bonds is 4. The zero-order chi connectivity index (χ0) is 18.4. The van der Waals surface area contributed by atoms with Crippen molar-refractivity contribution in [1.82, 2.24) is 10.3 Å². The van der Waals surface area contributed by atoms with Crippen LogP contribution in [-0.4, -0.2) is 29.0 Å². The van der Waals surface area contributed by atoms with E-state index in [0.29, 0.717) is 10.9 Å². The molecule has 25 heavy (non-hydrogen) atoms. The molecule has 0 bridgehead atoms. The lowest BCUT2D eigenvalue weighted by Gasteiger charge is -2.12. The minimum absolute atomic E-state index is 0.106. The van der Waals surface area contributed by atoms with Crippen LogP contribution in [0.15, 0.2) is 12.1 Å². The molecule has 134 valence electrons. The minimum Gasteiger partial charge on any atom is -0.448 e. The van der Waals surface area contributed by atoms with Crippen LogP contribution in [0.1, 0.15) is 40.7 Å². The predicted octanol–water partition coefficient (Wildman–Crippen LogP) is 3.45. The van der Waals surface area contributed by atoms with Crippen LogP contribution in [0.4, 0.5) is 13.2 Å². The second kappa shape index (κ2) is 6.29. The number of halogens is 3. The van der Waals surface area contributed by atoms with Gasteiger partial charge < -0.3 is 10.1 Å². The summed E-state index contributed by atoms with van der Waals surface area (Å²) in [7, 11) is 0. The van der Waals surface area contributed by atoms with E-state index >= 15 is 0 Å². The van der Waals surface area contributed by atoms with E-state index in [1.807, 2.05) is 0 Å². The van der Waals surface area contributed by atoms with Crippen molar-refractivity contribution in [2.75, 3.05) is 0 Å². The van der Waals surface area contributed by atoms with E-state index in [1.54, 1.807) is 6.92 Å². The molecule has 2 aromatic heterocycles. The molecule has 9 heteroatoms. The first-order chi connectivity index (χ1) is 11.7. The number of nitrogens with one attached hydrogen (secondary N) is 1. The van der Waals surface area contributed by atoms with Gasteiger partial charge in [0.1, 0.15) is 15.4 Å². The molecular weight excluding hydrogens is 357 g/mol. The second-order valence-electron chi connectivity index (χ2n) is 5.93. The molecular formula is C16H15F3N2O3S. The largest absolute Gasteiger partial charge is 0.448 e. The van der Waals surface area contributed by atoms with Crippen molar-refractivity contribution in [1.29, 1.82) is 0 Å². The highest BCUT2D eigenvalue weighted by atomic mass is 32.1. The summed E-state index contributed by atoms with van der Waals surface area (Å²) in [5, 5.41) is 3.18. The lowest BCUT2D eigenvalue weighted by atomic mass is 10.2. The first kappa shape index (κ1) is 17.7. The van der Waals surface area contributed by atoms with Gasteiger partial charge in [-0.3, -0.25) is 4.79 Å². The van der Waals surface area contributed by atoms with E-state index in [2.05, 4.69) is 10.3 Å². The van der Waals surface area contributed by atoms with Gasteiger partial charge in [-0.2, -0.15) is 13.2 Å². The Kier molecular flexibility index (Phi) is 4.44. The summed E-state index contributed by atoms with van der Waals surface area (Å²) >= 11 is 0.825. The molecule has 0 spiro atoms. The third-order valence-corrected chi connectivity index (χ3v) is 5.04. The lowest BCUT2D eigenvalue weighted by molar-refractivity contribution is -0.141. The third kappa shape index (κ3) is 3.76. The van der Waals surface area contributed by atoms with Crippen LogP contribution >= 0.6 is 11.3 Å². The van der Waals surface area contributed by atoms with Crippen LogP contribution in [0.5, 0.6) is 0 Å². The first-order valence-electron chi connectivity index (χ1n) is 7.65. The Hall–Kier alpha value is -2.16. The molecule has 2 heterocycles. The Bertz CT molecular complexity index is 843. The van der Waals surface area contributed by atoms with Crippen molar-refractivity contribution >= 4 is 33.4 Å². The molecule has 1 amide bonds. The molecule has 0 saturated heterocycles. The number of thiophene rings is 1. The Balaban J connectivity index is 1.81. The zero-order valence-corrected chi connectivity index (χ0v) is 14.3. The summed E-state index contributed by atoms with van der Waals surface area (Å²) in [6.45, 7) is 3.07. The SMILES string of the molecule is Cc1c(C(=O)O[C@@H](C)C(=O)NC2CC2)sc2nc(C(F)(F)F)ccc12. The summed E-state index contributed by atoms with van der Waals surface area (Å²) in [6.07, 6.45) is -3.71. The van der Waals surface area contributed by atoms with Gasteiger partial charge >= 0.3 is 12.1 Å². The van der Waals surface area contributed by atoms with E-state index < -0.39 is 23.9 Å². The highest BCUT2D eigenvalue weighted by Crippen LogP contribution is 2.34. The summed E-state index contributed by atoms with van der Waals surface area (Å²) in [5.41, 5.74) is -0.528. The lowest BCUT2D eigenvalue weighted by Crippen LogP contribution is -2.37. The van der Waals surface area contributed by atoms with Gasteiger partial charge in [-0.25, -0.2) is 9.78 Å². The normalized spacial score (nSPS) is 15.9. The smallest absolute Gasteiger partial charge is 0.433 e.